The Kier molecular flexibility index (Phi) is 7.77. The van der Waals surface area contributed by atoms with Crippen LogP contribution in [-0.2, 0) is 16.0 Å². The molecule has 3 heterocycles. The van der Waals surface area contributed by atoms with Gasteiger partial charge in [0, 0.05) is 37.1 Å². The first kappa shape index (κ1) is 25.7. The molecule has 3 atom stereocenters. The molecule has 0 N–H and O–H groups in total. The van der Waals surface area contributed by atoms with Crippen molar-refractivity contribution in [2.75, 3.05) is 32.7 Å². The summed E-state index contributed by atoms with van der Waals surface area (Å²) in [5.41, 5.74) is 4.89. The molecule has 3 aromatic rings. The Morgan fingerprint density at radius 2 is 1.76 bits per heavy atom. The molecule has 2 aliphatic heterocycles. The molecule has 1 fully saturated rings. The summed E-state index contributed by atoms with van der Waals surface area (Å²) < 4.78 is 0. The molecule has 3 unspecified atom stereocenters. The SMILES string of the molecule is CCC(C(=O)N1CCN(C(=O)CN2CCc3sccc3C2c2ccc(C)cc2)CC1C)c1ccccc1. The van der Waals surface area contributed by atoms with Crippen molar-refractivity contribution >= 4 is 23.2 Å². The lowest BCUT2D eigenvalue weighted by Gasteiger charge is -2.42. The monoisotopic (exact) mass is 515 g/mol. The summed E-state index contributed by atoms with van der Waals surface area (Å²) in [5, 5.41) is 2.17. The van der Waals surface area contributed by atoms with Crippen molar-refractivity contribution in [3.8, 4) is 0 Å². The summed E-state index contributed by atoms with van der Waals surface area (Å²) in [7, 11) is 0. The largest absolute Gasteiger partial charge is 0.338 e. The topological polar surface area (TPSA) is 43.9 Å². The van der Waals surface area contributed by atoms with Crippen molar-refractivity contribution in [1.29, 1.82) is 0 Å². The number of amides is 2. The van der Waals surface area contributed by atoms with E-state index in [4.69, 9.17) is 0 Å². The molecule has 0 aliphatic carbocycles. The lowest BCUT2D eigenvalue weighted by molar-refractivity contribution is -0.144. The second kappa shape index (κ2) is 11.2. The van der Waals surface area contributed by atoms with Crippen molar-refractivity contribution in [3.63, 3.8) is 0 Å². The molecule has 0 saturated carbocycles. The van der Waals surface area contributed by atoms with Gasteiger partial charge in [-0.15, -0.1) is 11.3 Å². The van der Waals surface area contributed by atoms with Gasteiger partial charge in [0.05, 0.1) is 18.5 Å². The maximum Gasteiger partial charge on any atom is 0.236 e. The van der Waals surface area contributed by atoms with Crippen LogP contribution in [0.2, 0.25) is 0 Å². The number of thiophene rings is 1. The lowest BCUT2D eigenvalue weighted by atomic mass is 9.92. The first-order valence-corrected chi connectivity index (χ1v) is 14.3. The third kappa shape index (κ3) is 5.36. The van der Waals surface area contributed by atoms with Gasteiger partial charge in [-0.25, -0.2) is 0 Å². The summed E-state index contributed by atoms with van der Waals surface area (Å²) in [5.74, 6) is 0.202. The van der Waals surface area contributed by atoms with Crippen LogP contribution in [0.5, 0.6) is 0 Å². The number of piperazine rings is 1. The number of aryl methyl sites for hydroxylation is 1. The summed E-state index contributed by atoms with van der Waals surface area (Å²) in [4.78, 5) is 34.7. The standard InChI is InChI=1S/C31H37N3O2S/c1-4-26(24-8-6-5-7-9-24)31(36)34-18-17-32(20-23(34)3)29(35)21-33-16-14-28-27(15-19-37-28)30(33)25-12-10-22(2)11-13-25/h5-13,15,19,23,26,30H,4,14,16-18,20-21H2,1-3H3. The molecule has 1 aromatic heterocycles. The zero-order valence-corrected chi connectivity index (χ0v) is 22.9. The fourth-order valence-corrected chi connectivity index (χ4v) is 6.81. The molecule has 2 aromatic carbocycles. The Morgan fingerprint density at radius 3 is 2.46 bits per heavy atom. The van der Waals surface area contributed by atoms with Crippen LogP contribution >= 0.6 is 11.3 Å². The van der Waals surface area contributed by atoms with E-state index in [1.807, 2.05) is 51.5 Å². The molecular formula is C31H37N3O2S. The second-order valence-corrected chi connectivity index (χ2v) is 11.4. The molecule has 2 amide bonds. The van der Waals surface area contributed by atoms with Gasteiger partial charge >= 0.3 is 0 Å². The number of hydrogen-bond acceptors (Lipinski definition) is 4. The maximum absolute atomic E-state index is 13.6. The Balaban J connectivity index is 1.26. The second-order valence-electron chi connectivity index (χ2n) is 10.4. The molecule has 0 bridgehead atoms. The number of carbonyl (C=O) groups excluding carboxylic acids is 2. The minimum Gasteiger partial charge on any atom is -0.338 e. The van der Waals surface area contributed by atoms with E-state index in [1.54, 1.807) is 0 Å². The predicted octanol–water partition coefficient (Wildman–Crippen LogP) is 5.26. The Hall–Kier alpha value is -2.96. The van der Waals surface area contributed by atoms with Gasteiger partial charge in [-0.1, -0.05) is 67.1 Å². The van der Waals surface area contributed by atoms with Gasteiger partial charge in [0.2, 0.25) is 11.8 Å². The highest BCUT2D eigenvalue weighted by Gasteiger charge is 2.36. The third-order valence-electron chi connectivity index (χ3n) is 7.97. The predicted molar refractivity (Wildman–Crippen MR) is 150 cm³/mol. The molecule has 0 radical (unpaired) electrons. The first-order chi connectivity index (χ1) is 18.0. The van der Waals surface area contributed by atoms with Crippen molar-refractivity contribution in [2.45, 2.75) is 51.6 Å². The molecular weight excluding hydrogens is 478 g/mol. The number of fused-ring (bicyclic) bond motifs is 1. The van der Waals surface area contributed by atoms with E-state index in [1.165, 1.54) is 21.6 Å². The van der Waals surface area contributed by atoms with E-state index in [-0.39, 0.29) is 29.8 Å². The summed E-state index contributed by atoms with van der Waals surface area (Å²) in [6.07, 6.45) is 1.76. The summed E-state index contributed by atoms with van der Waals surface area (Å²) >= 11 is 1.82. The van der Waals surface area contributed by atoms with Crippen LogP contribution in [-0.4, -0.2) is 65.3 Å². The molecule has 1 saturated heterocycles. The zero-order chi connectivity index (χ0) is 25.9. The van der Waals surface area contributed by atoms with Crippen LogP contribution < -0.4 is 0 Å². The van der Waals surface area contributed by atoms with Gasteiger partial charge in [0.15, 0.2) is 0 Å². The molecule has 0 spiro atoms. The summed E-state index contributed by atoms with van der Waals surface area (Å²) in [6.45, 7) is 9.29. The first-order valence-electron chi connectivity index (χ1n) is 13.5. The van der Waals surface area contributed by atoms with E-state index in [2.05, 4.69) is 61.4 Å². The van der Waals surface area contributed by atoms with Crippen LogP contribution in [0.4, 0.5) is 0 Å². The molecule has 194 valence electrons. The van der Waals surface area contributed by atoms with Gasteiger partial charge in [0.1, 0.15) is 0 Å². The smallest absolute Gasteiger partial charge is 0.236 e. The van der Waals surface area contributed by atoms with Crippen LogP contribution in [0.15, 0.2) is 66.0 Å². The number of nitrogens with zero attached hydrogens (tertiary/aromatic N) is 3. The van der Waals surface area contributed by atoms with Crippen molar-refractivity contribution < 1.29 is 9.59 Å². The van der Waals surface area contributed by atoms with Crippen LogP contribution in [0.25, 0.3) is 0 Å². The van der Waals surface area contributed by atoms with Gasteiger partial charge in [0.25, 0.3) is 0 Å². The normalized spacial score (nSPS) is 20.9. The lowest BCUT2D eigenvalue weighted by Crippen LogP contribution is -2.57. The number of carbonyl (C=O) groups is 2. The molecule has 37 heavy (non-hydrogen) atoms. The quantitative estimate of drug-likeness (QED) is 0.450. The fourth-order valence-electron chi connectivity index (χ4n) is 5.90. The van der Waals surface area contributed by atoms with E-state index < -0.39 is 0 Å². The maximum atomic E-state index is 13.6. The number of benzene rings is 2. The highest BCUT2D eigenvalue weighted by atomic mass is 32.1. The Labute approximate surface area is 224 Å². The number of rotatable bonds is 6. The highest BCUT2D eigenvalue weighted by molar-refractivity contribution is 7.10. The van der Waals surface area contributed by atoms with E-state index in [0.717, 1.165) is 24.9 Å². The average molecular weight is 516 g/mol. The van der Waals surface area contributed by atoms with Gasteiger partial charge in [-0.05, 0) is 54.8 Å². The Bertz CT molecular complexity index is 1220. The molecule has 6 heteroatoms. The van der Waals surface area contributed by atoms with Gasteiger partial charge in [-0.3, -0.25) is 14.5 Å². The highest BCUT2D eigenvalue weighted by Crippen LogP contribution is 2.37. The average Bonchev–Trinajstić information content (AvgIpc) is 3.39. The van der Waals surface area contributed by atoms with Crippen LogP contribution in [0, 0.1) is 6.92 Å². The van der Waals surface area contributed by atoms with E-state index >= 15 is 0 Å². The van der Waals surface area contributed by atoms with E-state index in [9.17, 15) is 9.59 Å². The van der Waals surface area contributed by atoms with Crippen molar-refractivity contribution in [3.05, 3.63) is 93.2 Å². The minimum absolute atomic E-state index is 0.000639. The molecule has 5 nitrogen and oxygen atoms in total. The van der Waals surface area contributed by atoms with Crippen molar-refractivity contribution in [2.24, 2.45) is 0 Å². The Morgan fingerprint density at radius 1 is 1.00 bits per heavy atom. The van der Waals surface area contributed by atoms with Crippen LogP contribution in [0.1, 0.15) is 59.4 Å². The minimum atomic E-state index is -0.130. The van der Waals surface area contributed by atoms with E-state index in [0.29, 0.717) is 26.2 Å². The summed E-state index contributed by atoms with van der Waals surface area (Å²) in [6, 6.07) is 21.1. The van der Waals surface area contributed by atoms with Crippen molar-refractivity contribution in [1.82, 2.24) is 14.7 Å². The number of hydrogen-bond donors (Lipinski definition) is 0. The third-order valence-corrected chi connectivity index (χ3v) is 8.97. The molecule has 5 rings (SSSR count). The van der Waals surface area contributed by atoms with Gasteiger partial charge in [-0.2, -0.15) is 0 Å². The molecule has 2 aliphatic rings. The van der Waals surface area contributed by atoms with Gasteiger partial charge < -0.3 is 9.80 Å². The fraction of sp³-hybridized carbons (Fsp3) is 0.419. The zero-order valence-electron chi connectivity index (χ0n) is 22.1. The van der Waals surface area contributed by atoms with Crippen LogP contribution in [0.3, 0.4) is 0 Å².